The lowest BCUT2D eigenvalue weighted by Gasteiger charge is -2.12. The van der Waals surface area contributed by atoms with Gasteiger partial charge in [0.05, 0.1) is 10.0 Å². The number of fused-ring (bicyclic) bond motifs is 1. The third-order valence-corrected chi connectivity index (χ3v) is 4.73. The molecule has 0 spiro atoms. The molecule has 3 rings (SSSR count). The van der Waals surface area contributed by atoms with Crippen LogP contribution in [0.2, 0.25) is 10.0 Å². The maximum absolute atomic E-state index is 12.5. The number of ether oxygens (including phenoxy) is 1. The van der Waals surface area contributed by atoms with Gasteiger partial charge in [0, 0.05) is 16.6 Å². The van der Waals surface area contributed by atoms with E-state index < -0.39 is 0 Å². The van der Waals surface area contributed by atoms with Crippen molar-refractivity contribution < 1.29 is 9.53 Å². The topological polar surface area (TPSA) is 39.2 Å². The highest BCUT2D eigenvalue weighted by Gasteiger charge is 2.15. The summed E-state index contributed by atoms with van der Waals surface area (Å²) in [4.78, 5) is 16.9. The highest BCUT2D eigenvalue weighted by atomic mass is 35.5. The summed E-state index contributed by atoms with van der Waals surface area (Å²) in [6.45, 7) is 3.89. The van der Waals surface area contributed by atoms with Crippen molar-refractivity contribution in [2.75, 3.05) is 6.61 Å². The molecule has 0 saturated heterocycles. The minimum absolute atomic E-state index is 0.111. The smallest absolute Gasteiger partial charge is 0.200 e. The van der Waals surface area contributed by atoms with E-state index in [0.29, 0.717) is 26.9 Å². The van der Waals surface area contributed by atoms with Gasteiger partial charge in [-0.25, -0.2) is 4.98 Å². The van der Waals surface area contributed by atoms with E-state index in [1.54, 1.807) is 6.07 Å². The van der Waals surface area contributed by atoms with E-state index in [4.69, 9.17) is 27.9 Å². The van der Waals surface area contributed by atoms with Crippen LogP contribution in [0.25, 0.3) is 10.9 Å². The molecule has 0 atom stereocenters. The normalized spacial score (nSPS) is 10.9. The number of benzene rings is 2. The molecule has 134 valence electrons. The third-order valence-electron chi connectivity index (χ3n) is 4.14. The average Bonchev–Trinajstić information content (AvgIpc) is 2.62. The Kier molecular flexibility index (Phi) is 5.80. The summed E-state index contributed by atoms with van der Waals surface area (Å²) in [7, 11) is 0. The zero-order valence-corrected chi connectivity index (χ0v) is 16.2. The molecule has 0 unspecified atom stereocenters. The first-order chi connectivity index (χ1) is 12.5. The Morgan fingerprint density at radius 1 is 1.08 bits per heavy atom. The molecule has 0 aliphatic carbocycles. The SMILES string of the molecule is CCCc1ccc(C(=O)COc2c(Cl)cc(Cl)c3ccc(C)nc23)cc1. The van der Waals surface area contributed by atoms with Crippen molar-refractivity contribution >= 4 is 39.9 Å². The quantitative estimate of drug-likeness (QED) is 0.482. The van der Waals surface area contributed by atoms with Gasteiger partial charge in [-0.3, -0.25) is 4.79 Å². The van der Waals surface area contributed by atoms with E-state index in [1.807, 2.05) is 43.3 Å². The fourth-order valence-corrected chi connectivity index (χ4v) is 3.37. The number of rotatable bonds is 6. The molecule has 0 amide bonds. The van der Waals surface area contributed by atoms with Gasteiger partial charge in [0.1, 0.15) is 5.52 Å². The van der Waals surface area contributed by atoms with Crippen LogP contribution in [-0.2, 0) is 6.42 Å². The van der Waals surface area contributed by atoms with Crippen LogP contribution in [0.4, 0.5) is 0 Å². The Labute approximate surface area is 162 Å². The second-order valence-electron chi connectivity index (χ2n) is 6.18. The minimum Gasteiger partial charge on any atom is -0.482 e. The van der Waals surface area contributed by atoms with Crippen LogP contribution >= 0.6 is 23.2 Å². The lowest BCUT2D eigenvalue weighted by Crippen LogP contribution is -2.12. The predicted molar refractivity (Wildman–Crippen MR) is 107 cm³/mol. The number of pyridine rings is 1. The molecule has 3 nitrogen and oxygen atoms in total. The maximum atomic E-state index is 12.5. The first-order valence-corrected chi connectivity index (χ1v) is 9.25. The number of hydrogen-bond donors (Lipinski definition) is 0. The molecule has 2 aromatic carbocycles. The Morgan fingerprint density at radius 2 is 1.81 bits per heavy atom. The maximum Gasteiger partial charge on any atom is 0.200 e. The molecule has 0 fully saturated rings. The Hall–Kier alpha value is -2.10. The van der Waals surface area contributed by atoms with Crippen molar-refractivity contribution in [2.24, 2.45) is 0 Å². The molecule has 1 aromatic heterocycles. The van der Waals surface area contributed by atoms with E-state index >= 15 is 0 Å². The lowest BCUT2D eigenvalue weighted by molar-refractivity contribution is 0.0922. The first-order valence-electron chi connectivity index (χ1n) is 8.50. The van der Waals surface area contributed by atoms with Crippen LogP contribution in [0, 0.1) is 6.92 Å². The van der Waals surface area contributed by atoms with Crippen LogP contribution in [0.1, 0.15) is 35.0 Å². The minimum atomic E-state index is -0.112. The second-order valence-corrected chi connectivity index (χ2v) is 6.99. The van der Waals surface area contributed by atoms with E-state index in [0.717, 1.165) is 23.9 Å². The Balaban J connectivity index is 1.83. The summed E-state index contributed by atoms with van der Waals surface area (Å²) >= 11 is 12.5. The molecule has 0 aliphatic rings. The number of hydrogen-bond acceptors (Lipinski definition) is 3. The summed E-state index contributed by atoms with van der Waals surface area (Å²) in [5, 5.41) is 1.59. The Bertz CT molecular complexity index is 952. The summed E-state index contributed by atoms with van der Waals surface area (Å²) in [5.41, 5.74) is 3.21. The predicted octanol–water partition coefficient (Wildman–Crippen LogP) is 6.06. The number of halogens is 2. The van der Waals surface area contributed by atoms with E-state index in [9.17, 15) is 4.79 Å². The highest BCUT2D eigenvalue weighted by molar-refractivity contribution is 6.39. The molecule has 0 N–H and O–H groups in total. The standard InChI is InChI=1S/C21H19Cl2NO2/c1-3-4-14-6-8-15(9-7-14)19(25)12-26-21-18(23)11-17(22)16-10-5-13(2)24-20(16)21/h5-11H,3-4,12H2,1-2H3. The lowest BCUT2D eigenvalue weighted by atomic mass is 10.1. The molecule has 1 heterocycles. The van der Waals surface area contributed by atoms with Crippen LogP contribution in [0.15, 0.2) is 42.5 Å². The fraction of sp³-hybridized carbons (Fsp3) is 0.238. The van der Waals surface area contributed by atoms with Gasteiger partial charge in [0.2, 0.25) is 0 Å². The summed E-state index contributed by atoms with van der Waals surface area (Å²) in [5.74, 6) is 0.269. The number of Topliss-reactive ketones (excluding diaryl/α,β-unsaturated/α-hetero) is 1. The molecule has 3 aromatic rings. The van der Waals surface area contributed by atoms with Gasteiger partial charge in [-0.2, -0.15) is 0 Å². The summed E-state index contributed by atoms with van der Waals surface area (Å²) in [6, 6.07) is 13.0. The van der Waals surface area contributed by atoms with Crippen molar-refractivity contribution in [2.45, 2.75) is 26.7 Å². The first kappa shape index (κ1) is 18.7. The van der Waals surface area contributed by atoms with E-state index in [-0.39, 0.29) is 12.4 Å². The van der Waals surface area contributed by atoms with Crippen molar-refractivity contribution in [1.29, 1.82) is 0 Å². The fourth-order valence-electron chi connectivity index (χ4n) is 2.79. The number of nitrogens with zero attached hydrogens (tertiary/aromatic N) is 1. The largest absolute Gasteiger partial charge is 0.482 e. The number of aryl methyl sites for hydroxylation is 2. The molecule has 0 radical (unpaired) electrons. The van der Waals surface area contributed by atoms with Crippen LogP contribution in [-0.4, -0.2) is 17.4 Å². The monoisotopic (exact) mass is 387 g/mol. The molecule has 0 aliphatic heterocycles. The number of ketones is 1. The van der Waals surface area contributed by atoms with Gasteiger partial charge < -0.3 is 4.74 Å². The van der Waals surface area contributed by atoms with Crippen LogP contribution < -0.4 is 4.74 Å². The molecular weight excluding hydrogens is 369 g/mol. The van der Waals surface area contributed by atoms with E-state index in [2.05, 4.69) is 11.9 Å². The third kappa shape index (κ3) is 4.00. The zero-order valence-electron chi connectivity index (χ0n) is 14.7. The number of carbonyl (C=O) groups excluding carboxylic acids is 1. The van der Waals surface area contributed by atoms with Crippen LogP contribution in [0.5, 0.6) is 5.75 Å². The van der Waals surface area contributed by atoms with Gasteiger partial charge >= 0.3 is 0 Å². The van der Waals surface area contributed by atoms with Crippen molar-refractivity contribution in [1.82, 2.24) is 4.98 Å². The van der Waals surface area contributed by atoms with Gasteiger partial charge in [0.25, 0.3) is 0 Å². The zero-order chi connectivity index (χ0) is 18.7. The molecular formula is C21H19Cl2NO2. The highest BCUT2D eigenvalue weighted by Crippen LogP contribution is 2.37. The molecule has 0 saturated carbocycles. The summed E-state index contributed by atoms with van der Waals surface area (Å²) < 4.78 is 5.75. The van der Waals surface area contributed by atoms with Gasteiger partial charge in [-0.05, 0) is 37.1 Å². The van der Waals surface area contributed by atoms with Gasteiger partial charge in [-0.15, -0.1) is 0 Å². The second kappa shape index (κ2) is 8.07. The van der Waals surface area contributed by atoms with Crippen LogP contribution in [0.3, 0.4) is 0 Å². The molecule has 26 heavy (non-hydrogen) atoms. The van der Waals surface area contributed by atoms with Gasteiger partial charge in [-0.1, -0.05) is 60.8 Å². The van der Waals surface area contributed by atoms with Crippen molar-refractivity contribution in [3.8, 4) is 5.75 Å². The molecule has 5 heteroatoms. The number of aromatic nitrogens is 1. The number of carbonyl (C=O) groups is 1. The molecule has 0 bridgehead atoms. The van der Waals surface area contributed by atoms with Crippen molar-refractivity contribution in [3.05, 3.63) is 69.3 Å². The van der Waals surface area contributed by atoms with E-state index in [1.165, 1.54) is 5.56 Å². The summed E-state index contributed by atoms with van der Waals surface area (Å²) in [6.07, 6.45) is 2.08. The van der Waals surface area contributed by atoms with Gasteiger partial charge in [0.15, 0.2) is 18.1 Å². The average molecular weight is 388 g/mol. The van der Waals surface area contributed by atoms with Crippen molar-refractivity contribution in [3.63, 3.8) is 0 Å². The Morgan fingerprint density at radius 3 is 2.50 bits per heavy atom.